The van der Waals surface area contributed by atoms with Crippen LogP contribution in [-0.4, -0.2) is 35.5 Å². The Morgan fingerprint density at radius 1 is 1.10 bits per heavy atom. The van der Waals surface area contributed by atoms with Crippen LogP contribution in [0.15, 0.2) is 18.2 Å². The van der Waals surface area contributed by atoms with Crippen LogP contribution >= 0.6 is 34.7 Å². The first-order valence-corrected chi connectivity index (χ1v) is 7.92. The standard InChI is InChI=1S/C13H14Cl2N4S/c1-9-16-13(20-17-9)19-7-5-18(6-8-19)11-4-2-3-10(14)12(11)15/h2-4H,5-8H2,1H3. The zero-order valence-corrected chi connectivity index (χ0v) is 13.3. The van der Waals surface area contributed by atoms with Crippen LogP contribution in [0.1, 0.15) is 5.82 Å². The van der Waals surface area contributed by atoms with Crippen LogP contribution in [0.3, 0.4) is 0 Å². The summed E-state index contributed by atoms with van der Waals surface area (Å²) < 4.78 is 4.23. The van der Waals surface area contributed by atoms with Crippen LogP contribution in [0.5, 0.6) is 0 Å². The van der Waals surface area contributed by atoms with Gasteiger partial charge in [0.05, 0.1) is 15.7 Å². The SMILES string of the molecule is Cc1nsc(N2CCN(c3cccc(Cl)c3Cl)CC2)n1. The number of hydrogen-bond donors (Lipinski definition) is 0. The molecule has 4 nitrogen and oxygen atoms in total. The first-order valence-electron chi connectivity index (χ1n) is 6.39. The van der Waals surface area contributed by atoms with Gasteiger partial charge in [0.2, 0.25) is 5.13 Å². The van der Waals surface area contributed by atoms with E-state index in [2.05, 4.69) is 19.2 Å². The molecule has 0 spiro atoms. The van der Waals surface area contributed by atoms with Gasteiger partial charge in [-0.15, -0.1) is 0 Å². The Morgan fingerprint density at radius 2 is 1.80 bits per heavy atom. The molecule has 1 aliphatic heterocycles. The summed E-state index contributed by atoms with van der Waals surface area (Å²) in [6.45, 7) is 5.55. The molecule has 0 N–H and O–H groups in total. The Balaban J connectivity index is 1.71. The molecule has 106 valence electrons. The Labute approximate surface area is 132 Å². The van der Waals surface area contributed by atoms with Gasteiger partial charge in [0.15, 0.2) is 0 Å². The lowest BCUT2D eigenvalue weighted by Crippen LogP contribution is -2.46. The van der Waals surface area contributed by atoms with E-state index in [-0.39, 0.29) is 0 Å². The largest absolute Gasteiger partial charge is 0.367 e. The molecule has 0 amide bonds. The fourth-order valence-electron chi connectivity index (χ4n) is 2.29. The van der Waals surface area contributed by atoms with E-state index in [9.17, 15) is 0 Å². The zero-order chi connectivity index (χ0) is 14.1. The van der Waals surface area contributed by atoms with Crippen molar-refractivity contribution < 1.29 is 0 Å². The molecule has 0 bridgehead atoms. The average molecular weight is 329 g/mol. The van der Waals surface area contributed by atoms with Gasteiger partial charge in [0.25, 0.3) is 0 Å². The molecule has 2 aromatic rings. The molecular formula is C13H14Cl2N4S. The van der Waals surface area contributed by atoms with Crippen LogP contribution in [0.4, 0.5) is 10.8 Å². The molecule has 20 heavy (non-hydrogen) atoms. The lowest BCUT2D eigenvalue weighted by Gasteiger charge is -2.36. The molecule has 0 saturated carbocycles. The fourth-order valence-corrected chi connectivity index (χ4v) is 3.43. The zero-order valence-electron chi connectivity index (χ0n) is 11.0. The van der Waals surface area contributed by atoms with Gasteiger partial charge in [0, 0.05) is 37.7 Å². The first kappa shape index (κ1) is 13.9. The highest BCUT2D eigenvalue weighted by Crippen LogP contribution is 2.33. The third kappa shape index (κ3) is 2.71. The summed E-state index contributed by atoms with van der Waals surface area (Å²) in [6, 6.07) is 5.76. The lowest BCUT2D eigenvalue weighted by molar-refractivity contribution is 0.652. The van der Waals surface area contributed by atoms with E-state index in [0.29, 0.717) is 10.0 Å². The Morgan fingerprint density at radius 3 is 2.45 bits per heavy atom. The molecular weight excluding hydrogens is 315 g/mol. The number of aromatic nitrogens is 2. The third-order valence-corrected chi connectivity index (χ3v) is 5.02. The smallest absolute Gasteiger partial charge is 0.205 e. The predicted molar refractivity (Wildman–Crippen MR) is 85.5 cm³/mol. The van der Waals surface area contributed by atoms with Crippen molar-refractivity contribution in [2.75, 3.05) is 36.0 Å². The maximum atomic E-state index is 6.28. The number of nitrogens with zero attached hydrogens (tertiary/aromatic N) is 4. The van der Waals surface area contributed by atoms with Crippen molar-refractivity contribution in [1.82, 2.24) is 9.36 Å². The van der Waals surface area contributed by atoms with E-state index in [4.69, 9.17) is 23.2 Å². The van der Waals surface area contributed by atoms with Crippen LogP contribution in [0.25, 0.3) is 0 Å². The first-order chi connectivity index (χ1) is 9.65. The highest BCUT2D eigenvalue weighted by Gasteiger charge is 2.21. The fraction of sp³-hybridized carbons (Fsp3) is 0.385. The molecule has 1 aromatic carbocycles. The quantitative estimate of drug-likeness (QED) is 0.844. The molecule has 3 rings (SSSR count). The van der Waals surface area contributed by atoms with Crippen molar-refractivity contribution in [3.63, 3.8) is 0 Å². The summed E-state index contributed by atoms with van der Waals surface area (Å²) >= 11 is 13.8. The normalized spacial score (nSPS) is 15.8. The summed E-state index contributed by atoms with van der Waals surface area (Å²) in [5.74, 6) is 0.838. The van der Waals surface area contributed by atoms with Crippen molar-refractivity contribution in [1.29, 1.82) is 0 Å². The molecule has 7 heteroatoms. The van der Waals surface area contributed by atoms with Gasteiger partial charge in [-0.3, -0.25) is 0 Å². The van der Waals surface area contributed by atoms with Gasteiger partial charge in [-0.05, 0) is 19.1 Å². The van der Waals surface area contributed by atoms with E-state index in [1.807, 2.05) is 25.1 Å². The summed E-state index contributed by atoms with van der Waals surface area (Å²) in [5, 5.41) is 2.24. The minimum atomic E-state index is 0.603. The molecule has 2 heterocycles. The molecule has 0 aliphatic carbocycles. The highest BCUT2D eigenvalue weighted by molar-refractivity contribution is 7.09. The van der Waals surface area contributed by atoms with E-state index in [0.717, 1.165) is 42.8 Å². The maximum Gasteiger partial charge on any atom is 0.205 e. The minimum Gasteiger partial charge on any atom is -0.367 e. The van der Waals surface area contributed by atoms with Crippen molar-refractivity contribution in [2.24, 2.45) is 0 Å². The molecule has 1 fully saturated rings. The number of rotatable bonds is 2. The number of piperazine rings is 1. The number of halogens is 2. The highest BCUT2D eigenvalue weighted by atomic mass is 35.5. The second-order valence-corrected chi connectivity index (χ2v) is 6.19. The van der Waals surface area contributed by atoms with Crippen LogP contribution in [-0.2, 0) is 0 Å². The monoisotopic (exact) mass is 328 g/mol. The lowest BCUT2D eigenvalue weighted by atomic mass is 10.2. The van der Waals surface area contributed by atoms with E-state index < -0.39 is 0 Å². The molecule has 0 atom stereocenters. The number of aryl methyl sites for hydroxylation is 1. The van der Waals surface area contributed by atoms with Crippen LogP contribution in [0, 0.1) is 6.92 Å². The topological polar surface area (TPSA) is 32.3 Å². The molecule has 1 aromatic heterocycles. The summed E-state index contributed by atoms with van der Waals surface area (Å²) in [7, 11) is 0. The average Bonchev–Trinajstić information content (AvgIpc) is 2.89. The molecule has 1 saturated heterocycles. The Hall–Kier alpha value is -1.04. The van der Waals surface area contributed by atoms with Gasteiger partial charge >= 0.3 is 0 Å². The van der Waals surface area contributed by atoms with Crippen molar-refractivity contribution in [3.05, 3.63) is 34.1 Å². The number of anilines is 2. The van der Waals surface area contributed by atoms with Crippen molar-refractivity contribution >= 4 is 45.6 Å². The minimum absolute atomic E-state index is 0.603. The maximum absolute atomic E-state index is 6.28. The van der Waals surface area contributed by atoms with E-state index in [1.54, 1.807) is 0 Å². The van der Waals surface area contributed by atoms with Crippen molar-refractivity contribution in [3.8, 4) is 0 Å². The Bertz CT molecular complexity index is 608. The van der Waals surface area contributed by atoms with Gasteiger partial charge in [0.1, 0.15) is 5.82 Å². The molecule has 0 radical (unpaired) electrons. The number of benzene rings is 1. The van der Waals surface area contributed by atoms with Gasteiger partial charge < -0.3 is 9.80 Å². The van der Waals surface area contributed by atoms with Gasteiger partial charge in [-0.1, -0.05) is 29.3 Å². The molecule has 0 unspecified atom stereocenters. The Kier molecular flexibility index (Phi) is 4.01. The van der Waals surface area contributed by atoms with Gasteiger partial charge in [-0.25, -0.2) is 4.98 Å². The third-order valence-electron chi connectivity index (χ3n) is 3.34. The second kappa shape index (κ2) is 5.76. The van der Waals surface area contributed by atoms with Crippen molar-refractivity contribution in [2.45, 2.75) is 6.92 Å². The van der Waals surface area contributed by atoms with Crippen LogP contribution < -0.4 is 9.80 Å². The predicted octanol–water partition coefficient (Wildman–Crippen LogP) is 3.48. The van der Waals surface area contributed by atoms with Gasteiger partial charge in [-0.2, -0.15) is 4.37 Å². The molecule has 1 aliphatic rings. The summed E-state index contributed by atoms with van der Waals surface area (Å²) in [5.41, 5.74) is 1.01. The van der Waals surface area contributed by atoms with Crippen LogP contribution in [0.2, 0.25) is 10.0 Å². The second-order valence-electron chi connectivity index (χ2n) is 4.67. The summed E-state index contributed by atoms with van der Waals surface area (Å²) in [6.07, 6.45) is 0. The number of hydrogen-bond acceptors (Lipinski definition) is 5. The van der Waals surface area contributed by atoms with E-state index in [1.165, 1.54) is 11.5 Å². The van der Waals surface area contributed by atoms with E-state index >= 15 is 0 Å². The summed E-state index contributed by atoms with van der Waals surface area (Å²) in [4.78, 5) is 8.96.